The Hall–Kier alpha value is -2.14. The Bertz CT molecular complexity index is 757. The molecular formula is C20H25ClN4O. The predicted molar refractivity (Wildman–Crippen MR) is 105 cm³/mol. The number of nitrogens with one attached hydrogen (secondary N) is 1. The largest absolute Gasteiger partial charge is 0.370 e. The minimum Gasteiger partial charge on any atom is -0.370 e. The van der Waals surface area contributed by atoms with Crippen LogP contribution in [0.15, 0.2) is 30.3 Å². The molecule has 2 heterocycles. The molecule has 26 heavy (non-hydrogen) atoms. The summed E-state index contributed by atoms with van der Waals surface area (Å²) < 4.78 is 0. The smallest absolute Gasteiger partial charge is 0.272 e. The molecule has 138 valence electrons. The van der Waals surface area contributed by atoms with Crippen molar-refractivity contribution in [1.29, 1.82) is 0 Å². The number of hydrogen-bond acceptors (Lipinski definition) is 4. The number of benzene rings is 1. The van der Waals surface area contributed by atoms with E-state index in [0.29, 0.717) is 23.9 Å². The number of carbonyl (C=O) groups excluding carboxylic acids is 1. The normalized spacial score (nSPS) is 14.8. The van der Waals surface area contributed by atoms with Gasteiger partial charge in [-0.25, -0.2) is 9.97 Å². The van der Waals surface area contributed by atoms with Crippen LogP contribution < -0.4 is 5.32 Å². The Labute approximate surface area is 159 Å². The number of anilines is 1. The van der Waals surface area contributed by atoms with Gasteiger partial charge in [-0.15, -0.1) is 0 Å². The molecule has 3 rings (SSSR count). The van der Waals surface area contributed by atoms with Crippen LogP contribution in [0.3, 0.4) is 0 Å². The Kier molecular flexibility index (Phi) is 6.45. The number of aryl methyl sites for hydroxylation is 1. The minimum absolute atomic E-state index is 0.00953. The van der Waals surface area contributed by atoms with Crippen LogP contribution in [-0.4, -0.2) is 40.4 Å². The van der Waals surface area contributed by atoms with E-state index in [1.807, 2.05) is 36.1 Å². The first-order chi connectivity index (χ1) is 12.6. The maximum absolute atomic E-state index is 12.8. The van der Waals surface area contributed by atoms with E-state index in [1.54, 1.807) is 6.07 Å². The van der Waals surface area contributed by atoms with Gasteiger partial charge in [0.1, 0.15) is 17.3 Å². The van der Waals surface area contributed by atoms with Gasteiger partial charge in [-0.2, -0.15) is 0 Å². The summed E-state index contributed by atoms with van der Waals surface area (Å²) in [5.74, 6) is 1.31. The molecule has 1 N–H and O–H groups in total. The van der Waals surface area contributed by atoms with Crippen LogP contribution in [-0.2, 0) is 6.42 Å². The SMILES string of the molecule is Cc1nc(NCCc2cccc(Cl)c2)cc(C(=O)N2CCCCCC2)n1. The van der Waals surface area contributed by atoms with Gasteiger partial charge in [0.2, 0.25) is 0 Å². The average Bonchev–Trinajstić information content (AvgIpc) is 2.90. The molecule has 0 bridgehead atoms. The summed E-state index contributed by atoms with van der Waals surface area (Å²) in [7, 11) is 0. The monoisotopic (exact) mass is 372 g/mol. The topological polar surface area (TPSA) is 58.1 Å². The highest BCUT2D eigenvalue weighted by Crippen LogP contribution is 2.15. The molecule has 0 atom stereocenters. The molecule has 1 aromatic heterocycles. The molecule has 1 amide bonds. The summed E-state index contributed by atoms with van der Waals surface area (Å²) in [6.07, 6.45) is 5.37. The summed E-state index contributed by atoms with van der Waals surface area (Å²) in [6, 6.07) is 9.59. The Morgan fingerprint density at radius 2 is 1.92 bits per heavy atom. The van der Waals surface area contributed by atoms with Gasteiger partial charge < -0.3 is 10.2 Å². The summed E-state index contributed by atoms with van der Waals surface area (Å²) in [6.45, 7) is 4.17. The van der Waals surface area contributed by atoms with E-state index in [0.717, 1.165) is 42.9 Å². The minimum atomic E-state index is 0.00953. The number of rotatable bonds is 5. The molecule has 5 nitrogen and oxygen atoms in total. The zero-order valence-electron chi connectivity index (χ0n) is 15.2. The van der Waals surface area contributed by atoms with Crippen molar-refractivity contribution >= 4 is 23.3 Å². The highest BCUT2D eigenvalue weighted by atomic mass is 35.5. The van der Waals surface area contributed by atoms with Gasteiger partial charge in [0.25, 0.3) is 5.91 Å². The van der Waals surface area contributed by atoms with Crippen molar-refractivity contribution in [2.45, 2.75) is 39.0 Å². The van der Waals surface area contributed by atoms with Crippen molar-refractivity contribution < 1.29 is 4.79 Å². The first-order valence-corrected chi connectivity index (χ1v) is 9.63. The summed E-state index contributed by atoms with van der Waals surface area (Å²) in [5, 5.41) is 4.04. The van der Waals surface area contributed by atoms with Crippen LogP contribution in [0.25, 0.3) is 0 Å². The first-order valence-electron chi connectivity index (χ1n) is 9.25. The number of hydrogen-bond donors (Lipinski definition) is 1. The van der Waals surface area contributed by atoms with E-state index in [1.165, 1.54) is 12.8 Å². The van der Waals surface area contributed by atoms with Gasteiger partial charge in [-0.05, 0) is 43.9 Å². The third-order valence-corrected chi connectivity index (χ3v) is 4.79. The lowest BCUT2D eigenvalue weighted by atomic mass is 10.1. The van der Waals surface area contributed by atoms with E-state index in [9.17, 15) is 4.79 Å². The zero-order chi connectivity index (χ0) is 18.4. The first kappa shape index (κ1) is 18.6. The zero-order valence-corrected chi connectivity index (χ0v) is 15.9. The third kappa shape index (κ3) is 5.18. The molecule has 1 aliphatic heterocycles. The van der Waals surface area contributed by atoms with Crippen molar-refractivity contribution in [3.8, 4) is 0 Å². The van der Waals surface area contributed by atoms with E-state index in [4.69, 9.17) is 11.6 Å². The Balaban J connectivity index is 1.64. The lowest BCUT2D eigenvalue weighted by Crippen LogP contribution is -2.32. The molecular weight excluding hydrogens is 348 g/mol. The second-order valence-corrected chi connectivity index (χ2v) is 7.14. The number of aromatic nitrogens is 2. The third-order valence-electron chi connectivity index (χ3n) is 4.56. The molecule has 2 aromatic rings. The molecule has 0 spiro atoms. The van der Waals surface area contributed by atoms with E-state index in [2.05, 4.69) is 15.3 Å². The van der Waals surface area contributed by atoms with Crippen molar-refractivity contribution in [2.24, 2.45) is 0 Å². The van der Waals surface area contributed by atoms with Crippen LogP contribution >= 0.6 is 11.6 Å². The maximum Gasteiger partial charge on any atom is 0.272 e. The molecule has 1 aliphatic rings. The Morgan fingerprint density at radius 3 is 2.65 bits per heavy atom. The van der Waals surface area contributed by atoms with E-state index in [-0.39, 0.29) is 5.91 Å². The van der Waals surface area contributed by atoms with Crippen molar-refractivity contribution in [3.05, 3.63) is 52.4 Å². The number of carbonyl (C=O) groups is 1. The molecule has 6 heteroatoms. The number of nitrogens with zero attached hydrogens (tertiary/aromatic N) is 3. The molecule has 0 saturated carbocycles. The number of halogens is 1. The number of amides is 1. The molecule has 1 saturated heterocycles. The summed E-state index contributed by atoms with van der Waals surface area (Å²) in [5.41, 5.74) is 1.64. The molecule has 0 aliphatic carbocycles. The predicted octanol–water partition coefficient (Wildman–Crippen LogP) is 4.11. The lowest BCUT2D eigenvalue weighted by Gasteiger charge is -2.20. The lowest BCUT2D eigenvalue weighted by molar-refractivity contribution is 0.0755. The van der Waals surface area contributed by atoms with Crippen LogP contribution in [0.5, 0.6) is 0 Å². The van der Waals surface area contributed by atoms with Gasteiger partial charge in [0.05, 0.1) is 0 Å². The van der Waals surface area contributed by atoms with Crippen LogP contribution in [0, 0.1) is 6.92 Å². The second-order valence-electron chi connectivity index (χ2n) is 6.70. The van der Waals surface area contributed by atoms with Gasteiger partial charge in [0.15, 0.2) is 0 Å². The maximum atomic E-state index is 12.8. The summed E-state index contributed by atoms with van der Waals surface area (Å²) in [4.78, 5) is 23.5. The second kappa shape index (κ2) is 8.99. The highest BCUT2D eigenvalue weighted by molar-refractivity contribution is 6.30. The average molecular weight is 373 g/mol. The molecule has 1 fully saturated rings. The van der Waals surface area contributed by atoms with Crippen LogP contribution in [0.4, 0.5) is 5.82 Å². The standard InChI is InChI=1S/C20H25ClN4O/c1-15-23-18(20(26)25-11-4-2-3-5-12-25)14-19(24-15)22-10-9-16-7-6-8-17(21)13-16/h6-8,13-14H,2-5,9-12H2,1H3,(H,22,23,24). The fraction of sp³-hybridized carbons (Fsp3) is 0.450. The molecule has 0 radical (unpaired) electrons. The summed E-state index contributed by atoms with van der Waals surface area (Å²) >= 11 is 6.02. The van der Waals surface area contributed by atoms with Crippen molar-refractivity contribution in [1.82, 2.24) is 14.9 Å². The van der Waals surface area contributed by atoms with Gasteiger partial charge >= 0.3 is 0 Å². The molecule has 1 aromatic carbocycles. The quantitative estimate of drug-likeness (QED) is 0.858. The highest BCUT2D eigenvalue weighted by Gasteiger charge is 2.19. The van der Waals surface area contributed by atoms with Gasteiger partial charge in [-0.1, -0.05) is 36.6 Å². The Morgan fingerprint density at radius 1 is 1.15 bits per heavy atom. The number of likely N-dealkylation sites (tertiary alicyclic amines) is 1. The van der Waals surface area contributed by atoms with Crippen LogP contribution in [0.1, 0.15) is 47.6 Å². The molecule has 0 unspecified atom stereocenters. The van der Waals surface area contributed by atoms with Crippen molar-refractivity contribution in [2.75, 3.05) is 25.0 Å². The van der Waals surface area contributed by atoms with Crippen LogP contribution in [0.2, 0.25) is 5.02 Å². The fourth-order valence-corrected chi connectivity index (χ4v) is 3.44. The fourth-order valence-electron chi connectivity index (χ4n) is 3.23. The van der Waals surface area contributed by atoms with E-state index < -0.39 is 0 Å². The van der Waals surface area contributed by atoms with E-state index >= 15 is 0 Å². The van der Waals surface area contributed by atoms with Gasteiger partial charge in [0, 0.05) is 30.7 Å². The van der Waals surface area contributed by atoms with Crippen molar-refractivity contribution in [3.63, 3.8) is 0 Å². The van der Waals surface area contributed by atoms with Gasteiger partial charge in [-0.3, -0.25) is 4.79 Å².